The van der Waals surface area contributed by atoms with Crippen LogP contribution in [-0.4, -0.2) is 34.8 Å². The van der Waals surface area contributed by atoms with Gasteiger partial charge in [-0.05, 0) is 30.7 Å². The molecule has 1 heterocycles. The Morgan fingerprint density at radius 2 is 2.05 bits per heavy atom. The maximum Gasteiger partial charge on any atom is 0.226 e. The Morgan fingerprint density at radius 1 is 1.35 bits per heavy atom. The van der Waals surface area contributed by atoms with Gasteiger partial charge in [0.1, 0.15) is 4.99 Å². The molecule has 1 aliphatic rings. The Hall–Kier alpha value is -1.95. The number of likely N-dealkylation sites (tertiary alicyclic amines) is 1. The average molecular weight is 291 g/mol. The van der Waals surface area contributed by atoms with E-state index in [2.05, 4.69) is 5.32 Å². The smallest absolute Gasteiger partial charge is 0.226 e. The van der Waals surface area contributed by atoms with Crippen molar-refractivity contribution >= 4 is 34.7 Å². The Labute approximate surface area is 123 Å². The molecular weight excluding hydrogens is 274 g/mol. The van der Waals surface area contributed by atoms with Crippen molar-refractivity contribution in [2.75, 3.05) is 18.4 Å². The van der Waals surface area contributed by atoms with Gasteiger partial charge in [-0.2, -0.15) is 0 Å². The van der Waals surface area contributed by atoms with Crippen molar-refractivity contribution in [3.63, 3.8) is 0 Å². The molecule has 1 aromatic rings. The second-order valence-corrected chi connectivity index (χ2v) is 5.16. The van der Waals surface area contributed by atoms with Crippen molar-refractivity contribution in [1.29, 1.82) is 0 Å². The van der Waals surface area contributed by atoms with Gasteiger partial charge >= 0.3 is 0 Å². The van der Waals surface area contributed by atoms with Crippen LogP contribution in [0.4, 0.5) is 5.69 Å². The third-order valence-electron chi connectivity index (χ3n) is 3.23. The van der Waals surface area contributed by atoms with Gasteiger partial charge in [0, 0.05) is 37.2 Å². The maximum absolute atomic E-state index is 11.8. The van der Waals surface area contributed by atoms with Crippen molar-refractivity contribution in [3.8, 4) is 0 Å². The minimum absolute atomic E-state index is 0.104. The first kappa shape index (κ1) is 14.5. The Balaban J connectivity index is 1.82. The third-order valence-corrected chi connectivity index (χ3v) is 3.47. The normalized spacial score (nSPS) is 14.4. The number of carbonyl (C=O) groups excluding carboxylic acids is 2. The Bertz CT molecular complexity index is 528. The van der Waals surface area contributed by atoms with Crippen LogP contribution in [0.15, 0.2) is 24.3 Å². The quantitative estimate of drug-likeness (QED) is 0.801. The molecule has 0 aliphatic carbocycles. The highest BCUT2D eigenvalue weighted by molar-refractivity contribution is 7.80. The minimum Gasteiger partial charge on any atom is -0.389 e. The van der Waals surface area contributed by atoms with Gasteiger partial charge in [-0.1, -0.05) is 12.2 Å². The van der Waals surface area contributed by atoms with Gasteiger partial charge in [-0.25, -0.2) is 0 Å². The number of anilines is 1. The number of nitrogens with zero attached hydrogens (tertiary/aromatic N) is 1. The Morgan fingerprint density at radius 3 is 2.60 bits per heavy atom. The molecule has 106 valence electrons. The van der Waals surface area contributed by atoms with Gasteiger partial charge in [0.2, 0.25) is 11.8 Å². The van der Waals surface area contributed by atoms with Gasteiger partial charge in [-0.3, -0.25) is 9.59 Å². The summed E-state index contributed by atoms with van der Waals surface area (Å²) in [7, 11) is 0. The van der Waals surface area contributed by atoms with Crippen molar-refractivity contribution in [3.05, 3.63) is 29.8 Å². The molecule has 1 fully saturated rings. The van der Waals surface area contributed by atoms with Crippen LogP contribution < -0.4 is 11.1 Å². The number of amides is 2. The summed E-state index contributed by atoms with van der Waals surface area (Å²) in [5.74, 6) is 0.0337. The highest BCUT2D eigenvalue weighted by Crippen LogP contribution is 2.12. The summed E-state index contributed by atoms with van der Waals surface area (Å²) in [6, 6.07) is 7.05. The third kappa shape index (κ3) is 3.77. The monoisotopic (exact) mass is 291 g/mol. The van der Waals surface area contributed by atoms with Crippen LogP contribution in [0, 0.1) is 0 Å². The van der Waals surface area contributed by atoms with E-state index in [-0.39, 0.29) is 11.8 Å². The highest BCUT2D eigenvalue weighted by atomic mass is 32.1. The molecule has 6 heteroatoms. The second-order valence-electron chi connectivity index (χ2n) is 4.72. The molecule has 1 aliphatic heterocycles. The number of hydrogen-bond acceptors (Lipinski definition) is 3. The molecule has 5 nitrogen and oxygen atoms in total. The standard InChI is InChI=1S/C14H17N3O2S/c15-14(20)10-3-5-11(6-4-10)16-12(18)7-9-17-8-1-2-13(17)19/h3-6H,1-2,7-9H2,(H2,15,20)(H,16,18). The number of benzene rings is 1. The minimum atomic E-state index is -0.104. The first-order chi connectivity index (χ1) is 9.56. The molecule has 0 aromatic heterocycles. The van der Waals surface area contributed by atoms with E-state index < -0.39 is 0 Å². The van der Waals surface area contributed by atoms with E-state index in [9.17, 15) is 9.59 Å². The van der Waals surface area contributed by atoms with E-state index in [0.717, 1.165) is 18.5 Å². The Kier molecular flexibility index (Phi) is 4.68. The van der Waals surface area contributed by atoms with E-state index in [1.165, 1.54) is 0 Å². The van der Waals surface area contributed by atoms with E-state index in [0.29, 0.717) is 30.1 Å². The second kappa shape index (κ2) is 6.47. The number of nitrogens with one attached hydrogen (secondary N) is 1. The molecule has 3 N–H and O–H groups in total. The molecule has 2 amide bonds. The lowest BCUT2D eigenvalue weighted by Crippen LogP contribution is -2.28. The van der Waals surface area contributed by atoms with Crippen LogP contribution in [0.3, 0.4) is 0 Å². The molecule has 0 radical (unpaired) electrons. The lowest BCUT2D eigenvalue weighted by molar-refractivity contribution is -0.128. The van der Waals surface area contributed by atoms with Crippen LogP contribution >= 0.6 is 12.2 Å². The largest absolute Gasteiger partial charge is 0.389 e. The topological polar surface area (TPSA) is 75.4 Å². The van der Waals surface area contributed by atoms with Crippen molar-refractivity contribution in [2.24, 2.45) is 5.73 Å². The van der Waals surface area contributed by atoms with Crippen LogP contribution in [0.1, 0.15) is 24.8 Å². The summed E-state index contributed by atoms with van der Waals surface area (Å²) in [5, 5.41) is 2.79. The summed E-state index contributed by atoms with van der Waals surface area (Å²) >= 11 is 4.86. The van der Waals surface area contributed by atoms with E-state index >= 15 is 0 Å². The van der Waals surface area contributed by atoms with Crippen molar-refractivity contribution < 1.29 is 9.59 Å². The summed E-state index contributed by atoms with van der Waals surface area (Å²) < 4.78 is 0. The number of hydrogen-bond donors (Lipinski definition) is 2. The molecule has 0 bridgehead atoms. The predicted octanol–water partition coefficient (Wildman–Crippen LogP) is 1.27. The van der Waals surface area contributed by atoms with Gasteiger partial charge in [-0.15, -0.1) is 0 Å². The zero-order valence-corrected chi connectivity index (χ0v) is 11.9. The number of nitrogens with two attached hydrogens (primary N) is 1. The predicted molar refractivity (Wildman–Crippen MR) is 81.4 cm³/mol. The molecule has 0 saturated carbocycles. The molecule has 0 spiro atoms. The molecule has 1 aromatic carbocycles. The molecule has 0 atom stereocenters. The number of carbonyl (C=O) groups is 2. The fourth-order valence-electron chi connectivity index (χ4n) is 2.12. The number of rotatable bonds is 5. The van der Waals surface area contributed by atoms with Gasteiger partial charge in [0.25, 0.3) is 0 Å². The highest BCUT2D eigenvalue weighted by Gasteiger charge is 2.20. The first-order valence-corrected chi connectivity index (χ1v) is 6.94. The summed E-state index contributed by atoms with van der Waals surface area (Å²) in [6.45, 7) is 1.24. The fourth-order valence-corrected chi connectivity index (χ4v) is 2.25. The first-order valence-electron chi connectivity index (χ1n) is 6.54. The molecule has 1 saturated heterocycles. The van der Waals surface area contributed by atoms with E-state index in [1.807, 2.05) is 0 Å². The van der Waals surface area contributed by atoms with Gasteiger partial charge < -0.3 is 16.0 Å². The molecular formula is C14H17N3O2S. The lowest BCUT2D eigenvalue weighted by Gasteiger charge is -2.14. The number of thiocarbonyl (C=S) groups is 1. The zero-order chi connectivity index (χ0) is 14.5. The molecule has 20 heavy (non-hydrogen) atoms. The lowest BCUT2D eigenvalue weighted by atomic mass is 10.2. The van der Waals surface area contributed by atoms with Crippen molar-refractivity contribution in [1.82, 2.24) is 4.90 Å². The fraction of sp³-hybridized carbons (Fsp3) is 0.357. The van der Waals surface area contributed by atoms with Crippen LogP contribution in [-0.2, 0) is 9.59 Å². The summed E-state index contributed by atoms with van der Waals surface area (Å²) in [4.78, 5) is 25.3. The summed E-state index contributed by atoms with van der Waals surface area (Å²) in [5.41, 5.74) is 6.96. The zero-order valence-electron chi connectivity index (χ0n) is 11.1. The molecule has 2 rings (SSSR count). The average Bonchev–Trinajstić information content (AvgIpc) is 2.82. The SMILES string of the molecule is NC(=S)c1ccc(NC(=O)CCN2CCCC2=O)cc1. The van der Waals surface area contributed by atoms with Crippen molar-refractivity contribution in [2.45, 2.75) is 19.3 Å². The van der Waals surface area contributed by atoms with Gasteiger partial charge in [0.15, 0.2) is 0 Å². The van der Waals surface area contributed by atoms with Crippen LogP contribution in [0.25, 0.3) is 0 Å². The van der Waals surface area contributed by atoms with E-state index in [4.69, 9.17) is 18.0 Å². The molecule has 0 unspecified atom stereocenters. The van der Waals surface area contributed by atoms with E-state index in [1.54, 1.807) is 29.2 Å². The van der Waals surface area contributed by atoms with Crippen LogP contribution in [0.5, 0.6) is 0 Å². The summed E-state index contributed by atoms with van der Waals surface area (Å²) in [6.07, 6.45) is 1.80. The van der Waals surface area contributed by atoms with Gasteiger partial charge in [0.05, 0.1) is 0 Å². The van der Waals surface area contributed by atoms with Crippen LogP contribution in [0.2, 0.25) is 0 Å². The maximum atomic E-state index is 11.8.